The van der Waals surface area contributed by atoms with Gasteiger partial charge < -0.3 is 4.42 Å². The lowest BCUT2D eigenvalue weighted by atomic mass is 10.2. The number of rotatable bonds is 2. The summed E-state index contributed by atoms with van der Waals surface area (Å²) in [6.45, 7) is 0. The van der Waals surface area contributed by atoms with E-state index in [0.29, 0.717) is 15.7 Å². The Hall–Kier alpha value is -2.32. The Morgan fingerprint density at radius 2 is 2.05 bits per heavy atom. The van der Waals surface area contributed by atoms with Crippen LogP contribution in [-0.4, -0.2) is 4.98 Å². The number of nitrogens with zero attached hydrogens (tertiary/aromatic N) is 2. The zero-order chi connectivity index (χ0) is 13.2. The fourth-order valence-corrected chi connectivity index (χ4v) is 2.48. The maximum absolute atomic E-state index is 13.0. The summed E-state index contributed by atoms with van der Waals surface area (Å²) in [6.07, 6.45) is 0. The molecule has 0 N–H and O–H groups in total. The standard InChI is InChI=1S/C14H7FN2OS/c15-10-5-6-13(9(7-10)8-16)19-14-17-11-3-1-2-4-12(11)18-14/h1-7H. The number of oxazole rings is 1. The molecule has 0 radical (unpaired) electrons. The van der Waals surface area contributed by atoms with Crippen LogP contribution in [0.3, 0.4) is 0 Å². The predicted octanol–water partition coefficient (Wildman–Crippen LogP) is 3.99. The van der Waals surface area contributed by atoms with Crippen LogP contribution in [0.1, 0.15) is 5.56 Å². The number of benzene rings is 2. The van der Waals surface area contributed by atoms with E-state index >= 15 is 0 Å². The molecule has 0 aliphatic heterocycles. The van der Waals surface area contributed by atoms with Crippen LogP contribution in [-0.2, 0) is 0 Å². The van der Waals surface area contributed by atoms with E-state index in [9.17, 15) is 4.39 Å². The number of halogens is 1. The molecule has 1 heterocycles. The van der Waals surface area contributed by atoms with Gasteiger partial charge in [-0.3, -0.25) is 0 Å². The fraction of sp³-hybridized carbons (Fsp3) is 0. The molecule has 5 heteroatoms. The van der Waals surface area contributed by atoms with E-state index in [1.807, 2.05) is 30.3 Å². The summed E-state index contributed by atoms with van der Waals surface area (Å²) in [5.41, 5.74) is 1.71. The number of hydrogen-bond donors (Lipinski definition) is 0. The fourth-order valence-electron chi connectivity index (χ4n) is 1.67. The van der Waals surface area contributed by atoms with Crippen molar-refractivity contribution in [1.82, 2.24) is 4.98 Å². The van der Waals surface area contributed by atoms with Crippen molar-refractivity contribution in [1.29, 1.82) is 5.26 Å². The number of nitriles is 1. The second-order valence-electron chi connectivity index (χ2n) is 3.80. The van der Waals surface area contributed by atoms with E-state index in [1.165, 1.54) is 23.9 Å². The van der Waals surface area contributed by atoms with Crippen molar-refractivity contribution < 1.29 is 8.81 Å². The van der Waals surface area contributed by atoms with Crippen LogP contribution < -0.4 is 0 Å². The molecular formula is C14H7FN2OS. The second kappa shape index (κ2) is 4.75. The molecule has 3 nitrogen and oxygen atoms in total. The molecule has 0 bridgehead atoms. The maximum atomic E-state index is 13.0. The maximum Gasteiger partial charge on any atom is 0.261 e. The lowest BCUT2D eigenvalue weighted by Crippen LogP contribution is -1.83. The minimum absolute atomic E-state index is 0.271. The van der Waals surface area contributed by atoms with Gasteiger partial charge in [-0.15, -0.1) is 0 Å². The van der Waals surface area contributed by atoms with Crippen molar-refractivity contribution >= 4 is 22.9 Å². The average molecular weight is 270 g/mol. The van der Waals surface area contributed by atoms with Crippen LogP contribution in [0, 0.1) is 17.1 Å². The summed E-state index contributed by atoms with van der Waals surface area (Å²) in [5, 5.41) is 9.41. The van der Waals surface area contributed by atoms with Crippen LogP contribution in [0.2, 0.25) is 0 Å². The van der Waals surface area contributed by atoms with Crippen molar-refractivity contribution in [2.24, 2.45) is 0 Å². The van der Waals surface area contributed by atoms with Crippen molar-refractivity contribution in [3.8, 4) is 6.07 Å². The molecule has 0 fully saturated rings. The summed E-state index contributed by atoms with van der Waals surface area (Å²) in [5.74, 6) is -0.432. The molecule has 3 aromatic rings. The zero-order valence-corrected chi connectivity index (χ0v) is 10.4. The molecule has 0 saturated carbocycles. The second-order valence-corrected chi connectivity index (χ2v) is 4.80. The average Bonchev–Trinajstić information content (AvgIpc) is 2.83. The molecule has 3 rings (SSSR count). The Morgan fingerprint density at radius 1 is 1.21 bits per heavy atom. The normalized spacial score (nSPS) is 10.5. The largest absolute Gasteiger partial charge is 0.431 e. The van der Waals surface area contributed by atoms with E-state index in [4.69, 9.17) is 9.68 Å². The van der Waals surface area contributed by atoms with Gasteiger partial charge in [0.1, 0.15) is 17.4 Å². The van der Waals surface area contributed by atoms with Gasteiger partial charge in [-0.25, -0.2) is 9.37 Å². The Kier molecular flexibility index (Phi) is 2.94. The highest BCUT2D eigenvalue weighted by molar-refractivity contribution is 7.99. The number of hydrogen-bond acceptors (Lipinski definition) is 4. The molecule has 0 aliphatic rings. The minimum Gasteiger partial charge on any atom is -0.431 e. The highest BCUT2D eigenvalue weighted by Gasteiger charge is 2.10. The smallest absolute Gasteiger partial charge is 0.261 e. The van der Waals surface area contributed by atoms with Crippen molar-refractivity contribution in [3.05, 3.63) is 53.8 Å². The van der Waals surface area contributed by atoms with Crippen molar-refractivity contribution in [2.75, 3.05) is 0 Å². The van der Waals surface area contributed by atoms with Crippen LogP contribution >= 0.6 is 11.8 Å². The third kappa shape index (κ3) is 2.30. The molecule has 0 saturated heterocycles. The van der Waals surface area contributed by atoms with E-state index in [0.717, 1.165) is 5.52 Å². The van der Waals surface area contributed by atoms with Gasteiger partial charge in [0.2, 0.25) is 0 Å². The third-order valence-corrected chi connectivity index (χ3v) is 3.46. The zero-order valence-electron chi connectivity index (χ0n) is 9.63. The van der Waals surface area contributed by atoms with Gasteiger partial charge in [-0.05, 0) is 42.1 Å². The van der Waals surface area contributed by atoms with E-state index in [-0.39, 0.29) is 5.56 Å². The summed E-state index contributed by atoms with van der Waals surface area (Å²) < 4.78 is 18.6. The number of para-hydroxylation sites is 2. The molecule has 0 atom stereocenters. The van der Waals surface area contributed by atoms with Gasteiger partial charge in [0.05, 0.1) is 5.56 Å². The molecule has 1 aromatic heterocycles. The summed E-state index contributed by atoms with van der Waals surface area (Å²) in [6, 6.07) is 13.4. The molecule has 19 heavy (non-hydrogen) atoms. The molecule has 0 amide bonds. The van der Waals surface area contributed by atoms with E-state index in [2.05, 4.69) is 4.98 Å². The van der Waals surface area contributed by atoms with Gasteiger partial charge in [0.25, 0.3) is 5.22 Å². The number of aromatic nitrogens is 1. The van der Waals surface area contributed by atoms with Crippen LogP contribution in [0.4, 0.5) is 4.39 Å². The lowest BCUT2D eigenvalue weighted by molar-refractivity contribution is 0.489. The monoisotopic (exact) mass is 270 g/mol. The third-order valence-electron chi connectivity index (χ3n) is 2.53. The lowest BCUT2D eigenvalue weighted by Gasteiger charge is -1.99. The SMILES string of the molecule is N#Cc1cc(F)ccc1Sc1nc2ccccc2o1. The van der Waals surface area contributed by atoms with Gasteiger partial charge >= 0.3 is 0 Å². The topological polar surface area (TPSA) is 49.8 Å². The van der Waals surface area contributed by atoms with Crippen LogP contribution in [0.15, 0.2) is 57.0 Å². The van der Waals surface area contributed by atoms with Gasteiger partial charge in [-0.2, -0.15) is 5.26 Å². The van der Waals surface area contributed by atoms with Gasteiger partial charge in [0, 0.05) is 4.90 Å². The molecule has 0 unspecified atom stereocenters. The van der Waals surface area contributed by atoms with Gasteiger partial charge in [0.15, 0.2) is 5.58 Å². The minimum atomic E-state index is -0.432. The van der Waals surface area contributed by atoms with Crippen molar-refractivity contribution in [2.45, 2.75) is 10.1 Å². The highest BCUT2D eigenvalue weighted by atomic mass is 32.2. The first-order valence-corrected chi connectivity index (χ1v) is 6.31. The van der Waals surface area contributed by atoms with E-state index < -0.39 is 5.82 Å². The molecule has 92 valence electrons. The molecule has 0 aliphatic carbocycles. The predicted molar refractivity (Wildman–Crippen MR) is 69.2 cm³/mol. The Balaban J connectivity index is 1.99. The summed E-state index contributed by atoms with van der Waals surface area (Å²) >= 11 is 1.21. The van der Waals surface area contributed by atoms with E-state index in [1.54, 1.807) is 6.07 Å². The Morgan fingerprint density at radius 3 is 2.84 bits per heavy atom. The molecular weight excluding hydrogens is 263 g/mol. The first-order chi connectivity index (χ1) is 9.26. The first kappa shape index (κ1) is 11.8. The summed E-state index contributed by atoms with van der Waals surface area (Å²) in [4.78, 5) is 4.92. The van der Waals surface area contributed by atoms with Gasteiger partial charge in [-0.1, -0.05) is 12.1 Å². The van der Waals surface area contributed by atoms with Crippen LogP contribution in [0.25, 0.3) is 11.1 Å². The molecule has 2 aromatic carbocycles. The summed E-state index contributed by atoms with van der Waals surface area (Å²) in [7, 11) is 0. The quantitative estimate of drug-likeness (QED) is 0.706. The van der Waals surface area contributed by atoms with Crippen LogP contribution in [0.5, 0.6) is 0 Å². The first-order valence-electron chi connectivity index (χ1n) is 5.49. The number of fused-ring (bicyclic) bond motifs is 1. The molecule has 0 spiro atoms. The highest BCUT2D eigenvalue weighted by Crippen LogP contribution is 2.32. The Bertz CT molecular complexity index is 758. The Labute approximate surface area is 112 Å². The van der Waals surface area contributed by atoms with Crippen molar-refractivity contribution in [3.63, 3.8) is 0 Å².